The molecule has 1 fully saturated rings. The van der Waals surface area contributed by atoms with Crippen LogP contribution in [-0.2, 0) is 9.53 Å². The summed E-state index contributed by atoms with van der Waals surface area (Å²) in [5.41, 5.74) is -1.70. The van der Waals surface area contributed by atoms with Gasteiger partial charge in [0.05, 0.1) is 6.10 Å². The van der Waals surface area contributed by atoms with Crippen molar-refractivity contribution in [1.82, 2.24) is 0 Å². The van der Waals surface area contributed by atoms with E-state index in [9.17, 15) is 15.0 Å². The first kappa shape index (κ1) is 27.6. The lowest BCUT2D eigenvalue weighted by Gasteiger charge is -2.35. The second-order valence-corrected chi connectivity index (χ2v) is 9.62. The molecule has 30 heavy (non-hydrogen) atoms. The molecule has 1 aliphatic rings. The van der Waals surface area contributed by atoms with Crippen LogP contribution in [0.3, 0.4) is 0 Å². The van der Waals surface area contributed by atoms with Crippen LogP contribution in [0.2, 0.25) is 0 Å². The van der Waals surface area contributed by atoms with Crippen molar-refractivity contribution in [1.29, 1.82) is 0 Å². The normalized spacial score (nSPS) is 20.1. The third kappa shape index (κ3) is 11.8. The van der Waals surface area contributed by atoms with Crippen LogP contribution in [0.4, 0.5) is 0 Å². The second-order valence-electron chi connectivity index (χ2n) is 9.62. The number of carbonyl (C=O) groups excluding carboxylic acids is 1. The lowest BCUT2D eigenvalue weighted by Crippen LogP contribution is -2.53. The van der Waals surface area contributed by atoms with E-state index in [1.165, 1.54) is 84.0 Å². The third-order valence-electron chi connectivity index (χ3n) is 6.71. The van der Waals surface area contributed by atoms with Crippen molar-refractivity contribution in [2.24, 2.45) is 0 Å². The molecule has 0 radical (unpaired) electrons. The summed E-state index contributed by atoms with van der Waals surface area (Å²) < 4.78 is 5.55. The summed E-state index contributed by atoms with van der Waals surface area (Å²) >= 11 is 0. The van der Waals surface area contributed by atoms with E-state index in [2.05, 4.69) is 6.92 Å². The molecule has 0 aliphatic carbocycles. The number of rotatable bonds is 19. The maximum atomic E-state index is 12.4. The maximum absolute atomic E-state index is 12.4. The van der Waals surface area contributed by atoms with Gasteiger partial charge in [-0.05, 0) is 32.6 Å². The van der Waals surface area contributed by atoms with Crippen molar-refractivity contribution in [3.8, 4) is 0 Å². The fraction of sp³-hybridized carbons (Fsp3) is 0.962. The number of Topliss-reactive ketones (excluding diaryl/α,β-unsaturated/α-hetero) is 1. The first-order valence-electron chi connectivity index (χ1n) is 13.1. The van der Waals surface area contributed by atoms with Gasteiger partial charge in [-0.3, -0.25) is 4.79 Å². The fourth-order valence-corrected chi connectivity index (χ4v) is 4.45. The topological polar surface area (TPSA) is 66.8 Å². The number of aliphatic hydroxyl groups excluding tert-OH is 1. The van der Waals surface area contributed by atoms with E-state index in [-0.39, 0.29) is 5.78 Å². The Morgan fingerprint density at radius 1 is 0.867 bits per heavy atom. The van der Waals surface area contributed by atoms with Crippen molar-refractivity contribution in [3.05, 3.63) is 0 Å². The number of ether oxygens (including phenoxy) is 1. The van der Waals surface area contributed by atoms with Gasteiger partial charge in [-0.15, -0.1) is 0 Å². The smallest absolute Gasteiger partial charge is 0.166 e. The molecule has 0 amide bonds. The van der Waals surface area contributed by atoms with Crippen molar-refractivity contribution in [2.75, 3.05) is 6.61 Å². The van der Waals surface area contributed by atoms with E-state index >= 15 is 0 Å². The van der Waals surface area contributed by atoms with Crippen LogP contribution in [0.25, 0.3) is 0 Å². The molecule has 0 aromatic rings. The van der Waals surface area contributed by atoms with Gasteiger partial charge < -0.3 is 14.9 Å². The lowest BCUT2D eigenvalue weighted by molar-refractivity contribution is -0.168. The van der Waals surface area contributed by atoms with Crippen LogP contribution in [-0.4, -0.2) is 40.4 Å². The van der Waals surface area contributed by atoms with E-state index in [0.717, 1.165) is 32.1 Å². The van der Waals surface area contributed by atoms with Crippen LogP contribution in [0.15, 0.2) is 0 Å². The van der Waals surface area contributed by atoms with Gasteiger partial charge in [0.1, 0.15) is 11.7 Å². The predicted octanol–water partition coefficient (Wildman–Crippen LogP) is 6.50. The van der Waals surface area contributed by atoms with E-state index in [4.69, 9.17) is 4.74 Å². The van der Waals surface area contributed by atoms with Crippen LogP contribution >= 0.6 is 0 Å². The highest BCUT2D eigenvalue weighted by Crippen LogP contribution is 2.25. The summed E-state index contributed by atoms with van der Waals surface area (Å²) in [6.45, 7) is 4.32. The van der Waals surface area contributed by atoms with Gasteiger partial charge in [0, 0.05) is 13.0 Å². The zero-order chi connectivity index (χ0) is 22.1. The van der Waals surface area contributed by atoms with E-state index in [1.54, 1.807) is 0 Å². The fourth-order valence-electron chi connectivity index (χ4n) is 4.45. The Morgan fingerprint density at radius 3 is 1.77 bits per heavy atom. The average Bonchev–Trinajstić information content (AvgIpc) is 2.76. The maximum Gasteiger partial charge on any atom is 0.166 e. The van der Waals surface area contributed by atoms with Crippen molar-refractivity contribution in [3.63, 3.8) is 0 Å². The Hall–Kier alpha value is -0.450. The Labute approximate surface area is 186 Å². The SMILES string of the molecule is CCCCCCCCCCCCCCCCCC(=O)C(C)(O)C(O)C1CCCCO1. The summed E-state index contributed by atoms with van der Waals surface area (Å²) in [6, 6.07) is 0. The van der Waals surface area contributed by atoms with Crippen LogP contribution < -0.4 is 0 Å². The molecule has 0 aromatic heterocycles. The minimum atomic E-state index is -1.70. The summed E-state index contributed by atoms with van der Waals surface area (Å²) in [7, 11) is 0. The van der Waals surface area contributed by atoms with Crippen LogP contribution in [0.1, 0.15) is 136 Å². The Kier molecular flexibility index (Phi) is 15.8. The molecule has 1 saturated heterocycles. The molecular weight excluding hydrogens is 376 g/mol. The van der Waals surface area contributed by atoms with Gasteiger partial charge >= 0.3 is 0 Å². The Morgan fingerprint density at radius 2 is 1.33 bits per heavy atom. The molecule has 4 heteroatoms. The van der Waals surface area contributed by atoms with Crippen LogP contribution in [0, 0.1) is 0 Å². The molecular formula is C26H50O4. The third-order valence-corrected chi connectivity index (χ3v) is 6.71. The average molecular weight is 427 g/mol. The van der Waals surface area contributed by atoms with Gasteiger partial charge in [0.2, 0.25) is 0 Å². The summed E-state index contributed by atoms with van der Waals surface area (Å²) in [6.07, 6.45) is 20.8. The number of hydrogen-bond donors (Lipinski definition) is 2. The monoisotopic (exact) mass is 426 g/mol. The molecule has 2 N–H and O–H groups in total. The number of ketones is 1. The highest BCUT2D eigenvalue weighted by molar-refractivity contribution is 5.87. The quantitative estimate of drug-likeness (QED) is 0.231. The van der Waals surface area contributed by atoms with Gasteiger partial charge in [-0.2, -0.15) is 0 Å². The van der Waals surface area contributed by atoms with E-state index in [0.29, 0.717) is 19.4 Å². The Bertz CT molecular complexity index is 415. The van der Waals surface area contributed by atoms with Crippen molar-refractivity contribution >= 4 is 5.78 Å². The minimum Gasteiger partial charge on any atom is -0.387 e. The lowest BCUT2D eigenvalue weighted by atomic mass is 9.85. The van der Waals surface area contributed by atoms with Gasteiger partial charge in [0.15, 0.2) is 5.78 Å². The molecule has 0 bridgehead atoms. The Balaban J connectivity index is 1.95. The first-order chi connectivity index (χ1) is 14.5. The minimum absolute atomic E-state index is 0.251. The van der Waals surface area contributed by atoms with Gasteiger partial charge in [-0.1, -0.05) is 96.8 Å². The van der Waals surface area contributed by atoms with Crippen molar-refractivity contribution < 1.29 is 19.7 Å². The molecule has 0 aromatic carbocycles. The molecule has 1 rings (SSSR count). The van der Waals surface area contributed by atoms with Gasteiger partial charge in [-0.25, -0.2) is 0 Å². The predicted molar refractivity (Wildman–Crippen MR) is 125 cm³/mol. The number of hydrogen-bond acceptors (Lipinski definition) is 4. The molecule has 4 nitrogen and oxygen atoms in total. The molecule has 1 aliphatic heterocycles. The number of carbonyl (C=O) groups is 1. The van der Waals surface area contributed by atoms with E-state index < -0.39 is 17.8 Å². The standard InChI is InChI=1S/C26H50O4/c1-3-4-5-6-7-8-9-10-11-12-13-14-15-16-17-21-24(27)26(2,29)25(28)23-20-18-19-22-30-23/h23,25,28-29H,3-22H2,1-2H3. The summed E-state index contributed by atoms with van der Waals surface area (Å²) in [5, 5.41) is 20.9. The molecule has 0 saturated carbocycles. The largest absolute Gasteiger partial charge is 0.387 e. The van der Waals surface area contributed by atoms with Gasteiger partial charge in [0.25, 0.3) is 0 Å². The highest BCUT2D eigenvalue weighted by atomic mass is 16.5. The second kappa shape index (κ2) is 17.1. The zero-order valence-corrected chi connectivity index (χ0v) is 20.0. The number of unbranched alkanes of at least 4 members (excludes halogenated alkanes) is 14. The molecule has 178 valence electrons. The molecule has 1 heterocycles. The van der Waals surface area contributed by atoms with E-state index in [1.807, 2.05) is 0 Å². The molecule has 0 spiro atoms. The summed E-state index contributed by atoms with van der Waals surface area (Å²) in [5.74, 6) is -0.251. The number of aliphatic hydroxyl groups is 2. The van der Waals surface area contributed by atoms with Crippen LogP contribution in [0.5, 0.6) is 0 Å². The molecule has 3 atom stereocenters. The molecule has 3 unspecified atom stereocenters. The highest BCUT2D eigenvalue weighted by Gasteiger charge is 2.42. The zero-order valence-electron chi connectivity index (χ0n) is 20.0. The summed E-state index contributed by atoms with van der Waals surface area (Å²) in [4.78, 5) is 12.4. The first-order valence-corrected chi connectivity index (χ1v) is 13.1. The van der Waals surface area contributed by atoms with Crippen molar-refractivity contribution in [2.45, 2.75) is 154 Å².